The van der Waals surface area contributed by atoms with E-state index in [4.69, 9.17) is 4.74 Å². The second-order valence-electron chi connectivity index (χ2n) is 12.2. The number of fused-ring (bicyclic) bond motifs is 1. The minimum Gasteiger partial charge on any atom is -0.462 e. The van der Waals surface area contributed by atoms with Crippen molar-refractivity contribution < 1.29 is 14.6 Å². The van der Waals surface area contributed by atoms with Gasteiger partial charge in [-0.3, -0.25) is 4.79 Å². The molecule has 8 rings (SSSR count). The molecule has 2 spiro atoms. The number of hydrogen-bond donors (Lipinski definition) is 1. The lowest BCUT2D eigenvalue weighted by Crippen LogP contribution is -2.76. The molecule has 1 aromatic heterocycles. The van der Waals surface area contributed by atoms with Gasteiger partial charge in [0.25, 0.3) is 0 Å². The third-order valence-corrected chi connectivity index (χ3v) is 10.8. The first kappa shape index (κ1) is 23.0. The topological polar surface area (TPSA) is 95.5 Å². The summed E-state index contributed by atoms with van der Waals surface area (Å²) in [6, 6.07) is 9.07. The standard InChI is InChI=1S/C29H33N3O5/c1-18(33)37-23-10-9-21-26(23,2)13-12-22-27(3)14-11-20(34)17-28(27)15-16-29(21,22)32-25(36)30(24(35)31(28)32)19-7-5-4-6-8-19/h4-8,11,14-16,20-23,34H,9-10,12-13,17H2,1-3H3/t20-,21+,22+,23-,26-,27+,28+,29-/m0/s1. The number of benzene rings is 1. The van der Waals surface area contributed by atoms with Crippen molar-refractivity contribution in [1.29, 1.82) is 0 Å². The smallest absolute Gasteiger partial charge is 0.352 e. The van der Waals surface area contributed by atoms with E-state index in [-0.39, 0.29) is 40.7 Å². The third-order valence-electron chi connectivity index (χ3n) is 10.8. The highest BCUT2D eigenvalue weighted by Crippen LogP contribution is 2.71. The fourth-order valence-electron chi connectivity index (χ4n) is 9.31. The number of esters is 1. The monoisotopic (exact) mass is 503 g/mol. The van der Waals surface area contributed by atoms with Crippen LogP contribution in [0.2, 0.25) is 0 Å². The number of hydrogen-bond acceptors (Lipinski definition) is 5. The van der Waals surface area contributed by atoms with E-state index in [0.29, 0.717) is 12.1 Å². The molecule has 3 heterocycles. The lowest BCUT2D eigenvalue weighted by Gasteiger charge is -2.69. The van der Waals surface area contributed by atoms with Crippen molar-refractivity contribution in [2.75, 3.05) is 0 Å². The number of aliphatic hydroxyl groups excluding tert-OH is 1. The quantitative estimate of drug-likeness (QED) is 0.502. The summed E-state index contributed by atoms with van der Waals surface area (Å²) in [6.45, 7) is 5.84. The maximum absolute atomic E-state index is 14.4. The zero-order valence-corrected chi connectivity index (χ0v) is 21.5. The Morgan fingerprint density at radius 3 is 2.43 bits per heavy atom. The summed E-state index contributed by atoms with van der Waals surface area (Å²) in [4.78, 5) is 40.7. The number of allylic oxidation sites excluding steroid dienone is 3. The molecule has 0 saturated heterocycles. The van der Waals surface area contributed by atoms with Gasteiger partial charge in [-0.15, -0.1) is 0 Å². The van der Waals surface area contributed by atoms with Crippen LogP contribution >= 0.6 is 0 Å². The second-order valence-corrected chi connectivity index (χ2v) is 12.2. The number of carbonyl (C=O) groups is 1. The molecule has 2 aliphatic heterocycles. The average molecular weight is 504 g/mol. The largest absolute Gasteiger partial charge is 0.462 e. The van der Waals surface area contributed by atoms with E-state index in [1.165, 1.54) is 11.5 Å². The molecule has 37 heavy (non-hydrogen) atoms. The van der Waals surface area contributed by atoms with Gasteiger partial charge >= 0.3 is 17.3 Å². The summed E-state index contributed by atoms with van der Waals surface area (Å²) in [6.07, 6.45) is 10.9. The average Bonchev–Trinajstić information content (AvgIpc) is 3.34. The normalized spacial score (nSPS) is 42.6. The van der Waals surface area contributed by atoms with Crippen LogP contribution in [0.5, 0.6) is 0 Å². The van der Waals surface area contributed by atoms with Crippen molar-refractivity contribution in [2.45, 2.75) is 76.2 Å². The minimum absolute atomic E-state index is 0.00435. The first-order valence-corrected chi connectivity index (χ1v) is 13.4. The summed E-state index contributed by atoms with van der Waals surface area (Å²) >= 11 is 0. The van der Waals surface area contributed by atoms with E-state index >= 15 is 0 Å². The van der Waals surface area contributed by atoms with Gasteiger partial charge in [0.15, 0.2) is 0 Å². The third kappa shape index (κ3) is 2.46. The van der Waals surface area contributed by atoms with E-state index in [1.54, 1.807) is 21.5 Å². The van der Waals surface area contributed by atoms with Crippen LogP contribution in [0.3, 0.4) is 0 Å². The Kier molecular flexibility index (Phi) is 4.38. The predicted octanol–water partition coefficient (Wildman–Crippen LogP) is 2.86. The first-order chi connectivity index (χ1) is 17.6. The van der Waals surface area contributed by atoms with Crippen molar-refractivity contribution >= 4 is 5.97 Å². The molecule has 0 unspecified atom stereocenters. The van der Waals surface area contributed by atoms with Crippen molar-refractivity contribution in [3.63, 3.8) is 0 Å². The summed E-state index contributed by atoms with van der Waals surface area (Å²) in [5.74, 6) is -0.231. The zero-order chi connectivity index (χ0) is 26.0. The van der Waals surface area contributed by atoms with Gasteiger partial charge in [-0.1, -0.05) is 56.4 Å². The first-order valence-electron chi connectivity index (χ1n) is 13.4. The van der Waals surface area contributed by atoms with Crippen LogP contribution in [-0.2, 0) is 20.6 Å². The van der Waals surface area contributed by atoms with Crippen LogP contribution in [0.4, 0.5) is 0 Å². The van der Waals surface area contributed by atoms with Gasteiger partial charge in [0, 0.05) is 24.2 Å². The van der Waals surface area contributed by atoms with Crippen LogP contribution in [0, 0.1) is 22.7 Å². The molecular formula is C29H33N3O5. The lowest BCUT2D eigenvalue weighted by atomic mass is 9.42. The SMILES string of the molecule is CC(=O)O[C@H]1CC[C@@H]2[C@]1(C)CC[C@H]1[C@]23C=C[C@]2(C[C@@H](O)C=C[C@]12C)n1c(=O)n(-c2ccccc2)c(=O)n13. The lowest BCUT2D eigenvalue weighted by molar-refractivity contribution is -0.180. The molecule has 8 atom stereocenters. The molecule has 1 N–H and O–H groups in total. The highest BCUT2D eigenvalue weighted by Gasteiger charge is 2.74. The number of rotatable bonds is 2. The Balaban J connectivity index is 1.56. The van der Waals surface area contributed by atoms with E-state index in [2.05, 4.69) is 32.1 Å². The molecule has 8 heteroatoms. The van der Waals surface area contributed by atoms with Gasteiger partial charge in [0.1, 0.15) is 6.10 Å². The molecule has 2 saturated carbocycles. The Bertz CT molecular complexity index is 1500. The summed E-state index contributed by atoms with van der Waals surface area (Å²) in [5.41, 5.74) is -2.60. The number of aliphatic hydroxyl groups is 1. The van der Waals surface area contributed by atoms with Crippen LogP contribution in [0.15, 0.2) is 64.2 Å². The van der Waals surface area contributed by atoms with Crippen molar-refractivity contribution in [1.82, 2.24) is 13.9 Å². The zero-order valence-electron chi connectivity index (χ0n) is 21.5. The van der Waals surface area contributed by atoms with Crippen LogP contribution < -0.4 is 11.4 Å². The summed E-state index contributed by atoms with van der Waals surface area (Å²) in [7, 11) is 0. The Hall–Kier alpha value is -3.13. The molecule has 2 aromatic rings. The fraction of sp³-hybridized carbons (Fsp3) is 0.552. The highest BCUT2D eigenvalue weighted by atomic mass is 16.5. The fourth-order valence-corrected chi connectivity index (χ4v) is 9.31. The van der Waals surface area contributed by atoms with E-state index < -0.39 is 22.6 Å². The number of aromatic nitrogens is 3. The van der Waals surface area contributed by atoms with E-state index in [0.717, 1.165) is 25.7 Å². The number of ether oxygens (including phenoxy) is 1. The molecule has 2 fully saturated rings. The molecule has 2 bridgehead atoms. The second kappa shape index (κ2) is 7.04. The maximum Gasteiger partial charge on any atom is 0.352 e. The van der Waals surface area contributed by atoms with E-state index in [9.17, 15) is 19.5 Å². The van der Waals surface area contributed by atoms with Gasteiger partial charge < -0.3 is 9.84 Å². The molecule has 1 aromatic carbocycles. The van der Waals surface area contributed by atoms with Gasteiger partial charge in [0.2, 0.25) is 0 Å². The van der Waals surface area contributed by atoms with Crippen LogP contribution in [0.1, 0.15) is 52.9 Å². The maximum atomic E-state index is 14.4. The van der Waals surface area contributed by atoms with Gasteiger partial charge in [-0.05, 0) is 49.7 Å². The predicted molar refractivity (Wildman–Crippen MR) is 136 cm³/mol. The molecule has 4 aliphatic carbocycles. The van der Waals surface area contributed by atoms with E-state index in [1.807, 2.05) is 24.3 Å². The van der Waals surface area contributed by atoms with Crippen molar-refractivity contribution in [3.8, 4) is 5.69 Å². The minimum atomic E-state index is -0.856. The van der Waals surface area contributed by atoms with Crippen molar-refractivity contribution in [3.05, 3.63) is 75.6 Å². The van der Waals surface area contributed by atoms with Gasteiger partial charge in [-0.2, -0.15) is 0 Å². The van der Waals surface area contributed by atoms with Gasteiger partial charge in [0.05, 0.1) is 22.9 Å². The van der Waals surface area contributed by atoms with Gasteiger partial charge in [-0.25, -0.2) is 23.5 Å². The van der Waals surface area contributed by atoms with Crippen LogP contribution in [-0.4, -0.2) is 37.2 Å². The molecule has 8 nitrogen and oxygen atoms in total. The number of nitrogens with zero attached hydrogens (tertiary/aromatic N) is 3. The highest BCUT2D eigenvalue weighted by molar-refractivity contribution is 5.66. The van der Waals surface area contributed by atoms with Crippen molar-refractivity contribution in [2.24, 2.45) is 22.7 Å². The molecule has 6 aliphatic rings. The van der Waals surface area contributed by atoms with Crippen LogP contribution in [0.25, 0.3) is 5.69 Å². The molecule has 0 radical (unpaired) electrons. The number of carbonyl (C=O) groups excluding carboxylic acids is 1. The molecule has 194 valence electrons. The Morgan fingerprint density at radius 2 is 1.70 bits per heavy atom. The summed E-state index contributed by atoms with van der Waals surface area (Å²) in [5, 5.41) is 10.8. The molecular weight excluding hydrogens is 470 g/mol. The molecule has 0 amide bonds. The Labute approximate surface area is 214 Å². The summed E-state index contributed by atoms with van der Waals surface area (Å²) < 4.78 is 10.6. The number of para-hydroxylation sites is 1. The Morgan fingerprint density at radius 1 is 0.973 bits per heavy atom.